The van der Waals surface area contributed by atoms with Gasteiger partial charge in [-0.2, -0.15) is 0 Å². The molecule has 0 amide bonds. The number of hydrogen-bond acceptors (Lipinski definition) is 0. The van der Waals surface area contributed by atoms with E-state index in [0.717, 1.165) is 15.6 Å². The molecule has 2 rings (SSSR count). The van der Waals surface area contributed by atoms with Crippen LogP contribution in [0.15, 0.2) is 46.9 Å². The van der Waals surface area contributed by atoms with Crippen LogP contribution in [0.5, 0.6) is 0 Å². The number of benzene rings is 2. The lowest BCUT2D eigenvalue weighted by molar-refractivity contribution is 1.57. The van der Waals surface area contributed by atoms with E-state index in [9.17, 15) is 0 Å². The third-order valence-corrected chi connectivity index (χ3v) is 2.22. The van der Waals surface area contributed by atoms with Crippen LogP contribution in [0.2, 0.25) is 0 Å². The Morgan fingerprint density at radius 2 is 1.77 bits per heavy atom. The summed E-state index contributed by atoms with van der Waals surface area (Å²) < 4.78 is 0.974. The summed E-state index contributed by atoms with van der Waals surface area (Å²) in [5.41, 5.74) is 2.14. The molecule has 0 saturated carbocycles. The highest BCUT2D eigenvalue weighted by molar-refractivity contribution is 9.10. The normalized spacial score (nSPS) is 9.92. The van der Waals surface area contributed by atoms with E-state index in [0.29, 0.717) is 0 Å². The second-order valence-electron chi connectivity index (χ2n) is 2.69. The minimum Gasteiger partial charge on any atom is -0.0616 e. The molecule has 2 radical (unpaired) electrons. The summed E-state index contributed by atoms with van der Waals surface area (Å²) in [6, 6.07) is 20.2. The van der Waals surface area contributed by atoms with E-state index in [4.69, 9.17) is 0 Å². The molecule has 0 aliphatic carbocycles. The van der Waals surface area contributed by atoms with Crippen LogP contribution in [0.4, 0.5) is 0 Å². The molecule has 1 heteroatoms. The Hall–Kier alpha value is -1.08. The molecule has 0 saturated heterocycles. The maximum Gasteiger partial charge on any atom is 0.0260 e. The van der Waals surface area contributed by atoms with Crippen LogP contribution in [-0.4, -0.2) is 0 Å². The largest absolute Gasteiger partial charge is 0.0616 e. The molecule has 2 aromatic rings. The molecule has 13 heavy (non-hydrogen) atoms. The van der Waals surface area contributed by atoms with E-state index in [2.05, 4.69) is 28.1 Å². The smallest absolute Gasteiger partial charge is 0.0260 e. The maximum atomic E-state index is 3.39. The molecule has 0 N–H and O–H groups in total. The van der Waals surface area contributed by atoms with Gasteiger partial charge in [-0.15, -0.1) is 0 Å². The van der Waals surface area contributed by atoms with Gasteiger partial charge >= 0.3 is 0 Å². The second-order valence-corrected chi connectivity index (χ2v) is 3.54. The fourth-order valence-electron chi connectivity index (χ4n) is 1.16. The van der Waals surface area contributed by atoms with Crippen molar-refractivity contribution in [3.8, 4) is 11.1 Å². The lowest BCUT2D eigenvalue weighted by Crippen LogP contribution is -1.76. The van der Waals surface area contributed by atoms with Gasteiger partial charge in [-0.3, -0.25) is 0 Å². The van der Waals surface area contributed by atoms with E-state index in [1.165, 1.54) is 0 Å². The topological polar surface area (TPSA) is 0 Å². The van der Waals surface area contributed by atoms with E-state index < -0.39 is 0 Å². The molecule has 0 heterocycles. The standard InChI is InChI=1S/C12H7Br/c13-12-8-4-7-11(9-12)10-5-2-1-3-6-10/h1-5,7-8H. The zero-order valence-electron chi connectivity index (χ0n) is 6.92. The van der Waals surface area contributed by atoms with Crippen LogP contribution < -0.4 is 0 Å². The van der Waals surface area contributed by atoms with Crippen molar-refractivity contribution in [1.82, 2.24) is 0 Å². The number of halogens is 1. The van der Waals surface area contributed by atoms with Crippen molar-refractivity contribution < 1.29 is 0 Å². The summed E-state index contributed by atoms with van der Waals surface area (Å²) in [4.78, 5) is 0. The van der Waals surface area contributed by atoms with Crippen molar-refractivity contribution in [3.05, 3.63) is 59.1 Å². The summed E-state index contributed by atoms with van der Waals surface area (Å²) in [6.45, 7) is 0. The van der Waals surface area contributed by atoms with Gasteiger partial charge in [0.15, 0.2) is 0 Å². The van der Waals surface area contributed by atoms with Gasteiger partial charge in [0.25, 0.3) is 0 Å². The third kappa shape index (κ3) is 1.99. The van der Waals surface area contributed by atoms with Gasteiger partial charge in [0, 0.05) is 10.5 Å². The van der Waals surface area contributed by atoms with Gasteiger partial charge in [0.2, 0.25) is 0 Å². The summed E-state index contributed by atoms with van der Waals surface area (Å²) in [7, 11) is 0. The highest BCUT2D eigenvalue weighted by atomic mass is 79.9. The van der Waals surface area contributed by atoms with Crippen molar-refractivity contribution in [2.45, 2.75) is 0 Å². The molecule has 0 spiro atoms. The Morgan fingerprint density at radius 3 is 2.46 bits per heavy atom. The minimum absolute atomic E-state index is 0.974. The fourth-order valence-corrected chi connectivity index (χ4v) is 1.52. The first-order valence-corrected chi connectivity index (χ1v) is 4.80. The van der Waals surface area contributed by atoms with Crippen molar-refractivity contribution in [1.29, 1.82) is 0 Å². The second kappa shape index (κ2) is 3.75. The highest BCUT2D eigenvalue weighted by Gasteiger charge is 1.96. The van der Waals surface area contributed by atoms with Crippen molar-refractivity contribution in [3.63, 3.8) is 0 Å². The van der Waals surface area contributed by atoms with Gasteiger partial charge in [0.05, 0.1) is 0 Å². The molecule has 0 bridgehead atoms. The zero-order chi connectivity index (χ0) is 9.10. The molecule has 0 aliphatic rings. The fraction of sp³-hybridized carbons (Fsp3) is 0. The van der Waals surface area contributed by atoms with Gasteiger partial charge < -0.3 is 0 Å². The molecule has 2 aromatic carbocycles. The molecular weight excluding hydrogens is 224 g/mol. The van der Waals surface area contributed by atoms with Gasteiger partial charge in [-0.1, -0.05) is 52.3 Å². The van der Waals surface area contributed by atoms with Crippen LogP contribution in [0, 0.1) is 12.1 Å². The molecule has 0 fully saturated rings. The minimum atomic E-state index is 0.974. The SMILES string of the molecule is Brc1[c]c(-c2[c]cccc2)ccc1. The molecule has 0 unspecified atom stereocenters. The third-order valence-electron chi connectivity index (χ3n) is 1.76. The molecule has 0 aliphatic heterocycles. The maximum absolute atomic E-state index is 3.39. The first-order chi connectivity index (χ1) is 6.36. The van der Waals surface area contributed by atoms with Crippen molar-refractivity contribution in [2.75, 3.05) is 0 Å². The molecular formula is C12H7Br. The van der Waals surface area contributed by atoms with E-state index in [1.54, 1.807) is 0 Å². The predicted octanol–water partition coefficient (Wildman–Crippen LogP) is 3.72. The summed E-state index contributed by atoms with van der Waals surface area (Å²) in [5, 5.41) is 0. The van der Waals surface area contributed by atoms with Crippen LogP contribution >= 0.6 is 15.9 Å². The molecule has 0 aromatic heterocycles. The average Bonchev–Trinajstić information content (AvgIpc) is 2.19. The molecule has 62 valence electrons. The van der Waals surface area contributed by atoms with Crippen LogP contribution in [0.25, 0.3) is 11.1 Å². The van der Waals surface area contributed by atoms with Gasteiger partial charge in [0.1, 0.15) is 0 Å². The summed E-state index contributed by atoms with van der Waals surface area (Å²) >= 11 is 3.39. The molecule has 0 atom stereocenters. The molecule has 0 nitrogen and oxygen atoms in total. The van der Waals surface area contributed by atoms with Gasteiger partial charge in [-0.05, 0) is 23.3 Å². The zero-order valence-corrected chi connectivity index (χ0v) is 8.51. The van der Waals surface area contributed by atoms with Crippen molar-refractivity contribution in [2.24, 2.45) is 0 Å². The summed E-state index contributed by atoms with van der Waals surface area (Å²) in [5.74, 6) is 0. The summed E-state index contributed by atoms with van der Waals surface area (Å²) in [6.07, 6.45) is 0. The Balaban J connectivity index is 2.48. The number of hydrogen-bond donors (Lipinski definition) is 0. The predicted molar refractivity (Wildman–Crippen MR) is 57.3 cm³/mol. The Bertz CT molecular complexity index is 393. The number of rotatable bonds is 1. The quantitative estimate of drug-likeness (QED) is 0.701. The average molecular weight is 231 g/mol. The van der Waals surface area contributed by atoms with E-state index in [-0.39, 0.29) is 0 Å². The Labute approximate surface area is 86.4 Å². The Kier molecular flexibility index (Phi) is 2.46. The Morgan fingerprint density at radius 1 is 0.923 bits per heavy atom. The lowest BCUT2D eigenvalue weighted by atomic mass is 10.1. The lowest BCUT2D eigenvalue weighted by Gasteiger charge is -1.99. The van der Waals surface area contributed by atoms with Gasteiger partial charge in [-0.25, -0.2) is 0 Å². The highest BCUT2D eigenvalue weighted by Crippen LogP contribution is 2.20. The van der Waals surface area contributed by atoms with E-state index in [1.807, 2.05) is 42.5 Å². The van der Waals surface area contributed by atoms with E-state index >= 15 is 0 Å². The van der Waals surface area contributed by atoms with Crippen LogP contribution in [0.1, 0.15) is 0 Å². The van der Waals surface area contributed by atoms with Crippen molar-refractivity contribution >= 4 is 15.9 Å². The van der Waals surface area contributed by atoms with Crippen LogP contribution in [0.3, 0.4) is 0 Å². The van der Waals surface area contributed by atoms with Crippen LogP contribution in [-0.2, 0) is 0 Å². The first kappa shape index (κ1) is 8.52. The monoisotopic (exact) mass is 230 g/mol. The first-order valence-electron chi connectivity index (χ1n) is 4.01.